The van der Waals surface area contributed by atoms with E-state index in [4.69, 9.17) is 0 Å². The molecule has 0 saturated heterocycles. The first-order chi connectivity index (χ1) is 20.9. The van der Waals surface area contributed by atoms with Gasteiger partial charge in [0.1, 0.15) is 25.6 Å². The average Bonchev–Trinajstić information content (AvgIpc) is 2.93. The van der Waals surface area contributed by atoms with E-state index in [2.05, 4.69) is 25.2 Å². The topological polar surface area (TPSA) is 299 Å². The van der Waals surface area contributed by atoms with E-state index in [0.29, 0.717) is 0 Å². The summed E-state index contributed by atoms with van der Waals surface area (Å²) in [4.78, 5) is 18.8. The number of aromatic amines is 1. The van der Waals surface area contributed by atoms with E-state index < -0.39 is 79.3 Å². The van der Waals surface area contributed by atoms with Crippen LogP contribution in [0.2, 0.25) is 0 Å². The van der Waals surface area contributed by atoms with Crippen LogP contribution >= 0.6 is 0 Å². The van der Waals surface area contributed by atoms with Crippen molar-refractivity contribution in [2.45, 2.75) is 14.7 Å². The molecule has 234 valence electrons. The summed E-state index contributed by atoms with van der Waals surface area (Å²) in [7, 11) is -14.1. The Kier molecular flexibility index (Phi) is 13.6. The molecule has 24 heteroatoms. The van der Waals surface area contributed by atoms with E-state index in [0.717, 1.165) is 36.4 Å². The van der Waals surface area contributed by atoms with Crippen molar-refractivity contribution in [3.05, 3.63) is 65.1 Å². The van der Waals surface area contributed by atoms with E-state index in [1.54, 1.807) is 0 Å². The summed E-state index contributed by atoms with van der Waals surface area (Å²) >= 11 is 0. The number of hydrogen-bond acceptors (Lipinski definition) is 15. The third kappa shape index (κ3) is 8.62. The summed E-state index contributed by atoms with van der Waals surface area (Å²) in [5.41, 5.74) is -2.43. The molecule has 0 fully saturated rings. The first-order valence-electron chi connectivity index (χ1n) is 11.9. The molecular weight excluding hydrogens is 729 g/mol. The monoisotopic (exact) mass is 744 g/mol. The van der Waals surface area contributed by atoms with E-state index >= 15 is 0 Å². The van der Waals surface area contributed by atoms with Crippen LogP contribution in [0.25, 0.3) is 21.5 Å². The normalized spacial score (nSPS) is 11.9. The minimum absolute atomic E-state index is 0. The molecule has 0 aliphatic heterocycles. The summed E-state index contributed by atoms with van der Waals surface area (Å²) in [6, 6.07) is 8.45. The Hall–Kier alpha value is -2.06. The zero-order chi connectivity index (χ0) is 33.1. The molecule has 4 aromatic carbocycles. The molecule has 0 unspecified atom stereocenters. The molecule has 0 aliphatic carbocycles. The first kappa shape index (κ1) is 42.1. The molecule has 5 rings (SSSR count). The van der Waals surface area contributed by atoms with Gasteiger partial charge >= 0.3 is 94.4 Å². The molecule has 18 nitrogen and oxygen atoms in total. The second-order valence-corrected chi connectivity index (χ2v) is 13.2. The Morgan fingerprint density at radius 3 is 2.02 bits per heavy atom. The molecule has 5 aromatic rings. The molecule has 0 amide bonds. The number of hydrogen-bond donors (Lipinski definition) is 3. The van der Waals surface area contributed by atoms with Crippen LogP contribution in [-0.4, -0.2) is 60.9 Å². The van der Waals surface area contributed by atoms with Crippen LogP contribution in [0, 0.1) is 0 Å². The molecule has 0 bridgehead atoms. The summed E-state index contributed by atoms with van der Waals surface area (Å²) < 4.78 is 104. The fourth-order valence-electron chi connectivity index (χ4n) is 4.42. The van der Waals surface area contributed by atoms with Crippen LogP contribution in [-0.2, 0) is 30.4 Å². The zero-order valence-corrected chi connectivity index (χ0v) is 33.6. The van der Waals surface area contributed by atoms with E-state index in [9.17, 15) is 53.9 Å². The Morgan fingerprint density at radius 2 is 1.44 bits per heavy atom. The minimum atomic E-state index is -5.20. The second kappa shape index (κ2) is 15.4. The molecule has 0 radical (unpaired) electrons. The molecule has 0 atom stereocenters. The van der Waals surface area contributed by atoms with E-state index in [1.807, 2.05) is 0 Å². The average molecular weight is 745 g/mol. The smallest absolute Gasteiger partial charge is 0.871 e. The van der Waals surface area contributed by atoms with Gasteiger partial charge in [0.15, 0.2) is 0 Å². The van der Waals surface area contributed by atoms with Gasteiger partial charge in [-0.05, 0) is 41.1 Å². The number of nitrogens with one attached hydrogen (secondary N) is 1. The van der Waals surface area contributed by atoms with E-state index in [1.165, 1.54) is 30.1 Å². The third-order valence-corrected chi connectivity index (χ3v) is 9.06. The van der Waals surface area contributed by atoms with Gasteiger partial charge in [0.05, 0.1) is 16.6 Å². The van der Waals surface area contributed by atoms with E-state index in [-0.39, 0.29) is 116 Å². The van der Waals surface area contributed by atoms with Crippen LogP contribution in [0.15, 0.2) is 84.3 Å². The fraction of sp³-hybridized carbons (Fsp3) is 0.0417. The van der Waals surface area contributed by atoms with Crippen molar-refractivity contribution in [1.82, 2.24) is 15.0 Å². The maximum atomic E-state index is 13.4. The summed E-state index contributed by atoms with van der Waals surface area (Å²) in [5.74, 6) is -1.32. The number of nitrogens with zero attached hydrogens (tertiary/aromatic N) is 5. The van der Waals surface area contributed by atoms with Crippen molar-refractivity contribution in [1.29, 1.82) is 0 Å². The predicted molar refractivity (Wildman–Crippen MR) is 149 cm³/mol. The molecule has 0 aliphatic rings. The largest absolute Gasteiger partial charge is 1.00 e. The van der Waals surface area contributed by atoms with Crippen molar-refractivity contribution >= 4 is 74.9 Å². The maximum absolute atomic E-state index is 13.4. The molecule has 48 heavy (non-hydrogen) atoms. The van der Waals surface area contributed by atoms with Gasteiger partial charge in [-0.15, -0.1) is 10.2 Å². The standard InChI is InChI=1S/C24H18N6O12S3.3Na/c1-30(22-25-23(32)27-24(33)26-22)12-5-6-13-11(9-12)10-18(44(37,38)39)19(20(13)31)29-28-16-8-7-14-15(21(16)45(40,41)42)3-2-4-17(14)43(34,35)36;;;/h2-10,31H,1H3,(H,34,35,36)(H,37,38,39)(H,40,41,42)(H2,25,26,27,32,33);;;/q;3*+1/p-3. The summed E-state index contributed by atoms with van der Waals surface area (Å²) in [6.45, 7) is 0. The number of benzene rings is 4. The van der Waals surface area contributed by atoms with Crippen molar-refractivity contribution in [2.24, 2.45) is 10.2 Å². The third-order valence-electron chi connectivity index (χ3n) is 6.35. The Morgan fingerprint density at radius 1 is 0.792 bits per heavy atom. The molecule has 1 heterocycles. The van der Waals surface area contributed by atoms with Crippen LogP contribution < -0.4 is 109 Å². The van der Waals surface area contributed by atoms with Crippen LogP contribution in [0.1, 0.15) is 0 Å². The van der Waals surface area contributed by atoms with Gasteiger partial charge in [-0.3, -0.25) is 14.1 Å². The van der Waals surface area contributed by atoms with Crippen LogP contribution in [0.5, 0.6) is 11.8 Å². The Labute approximate surface area is 337 Å². The second-order valence-electron chi connectivity index (χ2n) is 9.15. The van der Waals surface area contributed by atoms with Crippen molar-refractivity contribution < 1.29 is 138 Å². The van der Waals surface area contributed by atoms with Gasteiger partial charge in [-0.2, -0.15) is 21.8 Å². The number of anilines is 2. The quantitative estimate of drug-likeness (QED) is 0.0792. The van der Waals surface area contributed by atoms with Crippen molar-refractivity contribution in [3.63, 3.8) is 0 Å². The van der Waals surface area contributed by atoms with Gasteiger partial charge in [0, 0.05) is 23.5 Å². The van der Waals surface area contributed by atoms with Gasteiger partial charge < -0.3 is 19.7 Å². The molecule has 0 saturated carbocycles. The Bertz CT molecular complexity index is 2500. The van der Waals surface area contributed by atoms with Crippen LogP contribution in [0.4, 0.5) is 23.0 Å². The van der Waals surface area contributed by atoms with Crippen molar-refractivity contribution in [3.8, 4) is 11.8 Å². The number of H-pyrrole nitrogens is 1. The fourth-order valence-corrected chi connectivity index (χ4v) is 6.60. The molecule has 1 aromatic heterocycles. The predicted octanol–water partition coefficient (Wildman–Crippen LogP) is -7.79. The molecular formula is C24H15N6Na3O12S3. The number of rotatable bonds is 7. The summed E-state index contributed by atoms with van der Waals surface area (Å²) in [5, 5.41) is 31.1. The maximum Gasteiger partial charge on any atom is 1.00 e. The molecule has 3 N–H and O–H groups in total. The first-order valence-corrected chi connectivity index (χ1v) is 16.2. The number of aromatic nitrogens is 3. The summed E-state index contributed by atoms with van der Waals surface area (Å²) in [6.07, 6.45) is 0. The van der Waals surface area contributed by atoms with Gasteiger partial charge in [-0.25, -0.2) is 18.2 Å². The zero-order valence-electron chi connectivity index (χ0n) is 25.1. The van der Waals surface area contributed by atoms with Crippen molar-refractivity contribution in [2.75, 3.05) is 11.9 Å². The van der Waals surface area contributed by atoms with Gasteiger partial charge in [-0.1, -0.05) is 30.0 Å². The SMILES string of the molecule is CN(c1ccc2c([O-])c(N=Nc3ccc4c(S(=O)(=O)[O-])cccc4c3S(=O)(=O)O)c(S(=O)(=O)O)cc2c1)c1nc([O-])nc(=O)[nH]1.[Na+].[Na+].[Na+]. The molecule has 0 spiro atoms. The van der Waals surface area contributed by atoms with Gasteiger partial charge in [0.2, 0.25) is 5.95 Å². The van der Waals surface area contributed by atoms with Gasteiger partial charge in [0.25, 0.3) is 20.2 Å². The Balaban J connectivity index is 0.00000267. The number of fused-ring (bicyclic) bond motifs is 2. The number of azo groups is 1. The van der Waals surface area contributed by atoms with Crippen LogP contribution in [0.3, 0.4) is 0 Å². The minimum Gasteiger partial charge on any atom is -0.871 e.